The summed E-state index contributed by atoms with van der Waals surface area (Å²) in [4.78, 5) is 24.0. The average Bonchev–Trinajstić information content (AvgIpc) is 2.95. The van der Waals surface area contributed by atoms with Crippen molar-refractivity contribution >= 4 is 11.9 Å². The summed E-state index contributed by atoms with van der Waals surface area (Å²) in [5.41, 5.74) is 10.2. The Morgan fingerprint density at radius 3 is 2.46 bits per heavy atom. The quantitative estimate of drug-likeness (QED) is 0.642. The van der Waals surface area contributed by atoms with Gasteiger partial charge < -0.3 is 24.9 Å². The smallest absolute Gasteiger partial charge is 0.305 e. The summed E-state index contributed by atoms with van der Waals surface area (Å²) in [5, 5.41) is 9.27. The first kappa shape index (κ1) is 21.5. The summed E-state index contributed by atoms with van der Waals surface area (Å²) in [7, 11) is 2.95. The van der Waals surface area contributed by atoms with Gasteiger partial charge in [0.1, 0.15) is 5.75 Å². The topological polar surface area (TPSA) is 104 Å². The minimum absolute atomic E-state index is 0.0247. The molecule has 0 spiro atoms. The number of hydrogen-bond acceptors (Lipinski definition) is 5. The Bertz CT molecular complexity index is 870. The molecule has 0 aliphatic carbocycles. The number of primary amides is 1. The molecule has 7 nitrogen and oxygen atoms in total. The van der Waals surface area contributed by atoms with Gasteiger partial charge in [-0.3, -0.25) is 9.59 Å². The minimum atomic E-state index is -0.525. The molecule has 1 aromatic heterocycles. The number of nitrogens with two attached hydrogens (primary N) is 1. The number of carbonyl (C=O) groups is 2. The standard InChI is InChI=1S/C21H28N2O5/c1-13-12-15(6-8-17(13)27-3)20-16(7-9-18(25)28-4)23(10-5-11-24)14(2)19(20)21(22)26/h6,8,12,24H,5,7,9-11H2,1-4H3,(H2,22,26). The Morgan fingerprint density at radius 1 is 1.21 bits per heavy atom. The van der Waals surface area contributed by atoms with Crippen LogP contribution in [0.2, 0.25) is 0 Å². The third-order valence-corrected chi connectivity index (χ3v) is 4.89. The number of amides is 1. The van der Waals surface area contributed by atoms with Crippen LogP contribution in [0, 0.1) is 13.8 Å². The van der Waals surface area contributed by atoms with Gasteiger partial charge in [-0.25, -0.2) is 0 Å². The number of aromatic nitrogens is 1. The maximum atomic E-state index is 12.3. The van der Waals surface area contributed by atoms with Gasteiger partial charge in [-0.1, -0.05) is 6.07 Å². The van der Waals surface area contributed by atoms with Crippen molar-refractivity contribution in [3.05, 3.63) is 40.7 Å². The van der Waals surface area contributed by atoms with E-state index in [1.54, 1.807) is 7.11 Å². The molecular formula is C21H28N2O5. The monoisotopic (exact) mass is 388 g/mol. The van der Waals surface area contributed by atoms with Crippen molar-refractivity contribution in [3.63, 3.8) is 0 Å². The van der Waals surface area contributed by atoms with Gasteiger partial charge in [0.05, 0.1) is 26.2 Å². The highest BCUT2D eigenvalue weighted by molar-refractivity contribution is 6.02. The molecule has 7 heteroatoms. The number of methoxy groups -OCH3 is 2. The fourth-order valence-electron chi connectivity index (χ4n) is 3.56. The highest BCUT2D eigenvalue weighted by Gasteiger charge is 2.25. The van der Waals surface area contributed by atoms with Gasteiger partial charge in [0, 0.05) is 30.1 Å². The number of aliphatic hydroxyl groups excluding tert-OH is 1. The minimum Gasteiger partial charge on any atom is -0.496 e. The van der Waals surface area contributed by atoms with Crippen molar-refractivity contribution in [1.82, 2.24) is 4.57 Å². The van der Waals surface area contributed by atoms with E-state index in [9.17, 15) is 14.7 Å². The molecule has 1 amide bonds. The Balaban J connectivity index is 2.70. The summed E-state index contributed by atoms with van der Waals surface area (Å²) in [6, 6.07) is 5.67. The highest BCUT2D eigenvalue weighted by Crippen LogP contribution is 2.36. The molecule has 0 saturated heterocycles. The fraction of sp³-hybridized carbons (Fsp3) is 0.429. The summed E-state index contributed by atoms with van der Waals surface area (Å²) in [6.07, 6.45) is 1.10. The van der Waals surface area contributed by atoms with Gasteiger partial charge in [0.25, 0.3) is 5.91 Å². The third kappa shape index (κ3) is 4.36. The van der Waals surface area contributed by atoms with Gasteiger partial charge in [-0.2, -0.15) is 0 Å². The molecule has 1 aromatic carbocycles. The number of rotatable bonds is 9. The van der Waals surface area contributed by atoms with E-state index in [1.807, 2.05) is 36.6 Å². The average molecular weight is 388 g/mol. The zero-order valence-corrected chi connectivity index (χ0v) is 16.9. The number of aliphatic hydroxyl groups is 1. The Hall–Kier alpha value is -2.80. The molecule has 152 valence electrons. The molecule has 0 bridgehead atoms. The predicted octanol–water partition coefficient (Wildman–Crippen LogP) is 2.37. The molecule has 0 atom stereocenters. The van der Waals surface area contributed by atoms with E-state index >= 15 is 0 Å². The van der Waals surface area contributed by atoms with Crippen LogP contribution >= 0.6 is 0 Å². The SMILES string of the molecule is COC(=O)CCc1c(-c2ccc(OC)c(C)c2)c(C(N)=O)c(C)n1CCCO. The molecule has 0 fully saturated rings. The molecule has 28 heavy (non-hydrogen) atoms. The van der Waals surface area contributed by atoms with Gasteiger partial charge >= 0.3 is 5.97 Å². The van der Waals surface area contributed by atoms with E-state index in [4.69, 9.17) is 15.2 Å². The van der Waals surface area contributed by atoms with Crippen LogP contribution in [0.25, 0.3) is 11.1 Å². The van der Waals surface area contributed by atoms with E-state index in [2.05, 4.69) is 0 Å². The number of ether oxygens (including phenoxy) is 2. The highest BCUT2D eigenvalue weighted by atomic mass is 16.5. The molecule has 0 aliphatic heterocycles. The van der Waals surface area contributed by atoms with Crippen LogP contribution in [-0.4, -0.2) is 42.4 Å². The Labute approximate surface area is 165 Å². The first-order chi connectivity index (χ1) is 13.3. The molecule has 2 aromatic rings. The molecule has 0 saturated carbocycles. The lowest BCUT2D eigenvalue weighted by molar-refractivity contribution is -0.140. The lowest BCUT2D eigenvalue weighted by Crippen LogP contribution is -2.13. The zero-order valence-electron chi connectivity index (χ0n) is 16.9. The van der Waals surface area contributed by atoms with Crippen molar-refractivity contribution in [2.75, 3.05) is 20.8 Å². The fourth-order valence-corrected chi connectivity index (χ4v) is 3.56. The van der Waals surface area contributed by atoms with Gasteiger partial charge in [-0.05, 0) is 49.9 Å². The number of carbonyl (C=O) groups excluding carboxylic acids is 2. The first-order valence-electron chi connectivity index (χ1n) is 9.20. The summed E-state index contributed by atoms with van der Waals surface area (Å²) >= 11 is 0. The predicted molar refractivity (Wildman–Crippen MR) is 106 cm³/mol. The van der Waals surface area contributed by atoms with Crippen molar-refractivity contribution in [1.29, 1.82) is 0 Å². The Morgan fingerprint density at radius 2 is 1.93 bits per heavy atom. The zero-order chi connectivity index (χ0) is 20.8. The second-order valence-electron chi connectivity index (χ2n) is 6.64. The largest absolute Gasteiger partial charge is 0.496 e. The Kier molecular flexibility index (Phi) is 7.23. The van der Waals surface area contributed by atoms with Gasteiger partial charge in [0.2, 0.25) is 0 Å². The number of esters is 1. The number of aryl methyl sites for hydroxylation is 1. The van der Waals surface area contributed by atoms with Crippen LogP contribution < -0.4 is 10.5 Å². The summed E-state index contributed by atoms with van der Waals surface area (Å²) < 4.78 is 12.1. The van der Waals surface area contributed by atoms with Gasteiger partial charge in [-0.15, -0.1) is 0 Å². The van der Waals surface area contributed by atoms with Gasteiger partial charge in [0.15, 0.2) is 0 Å². The molecule has 0 unspecified atom stereocenters. The van der Waals surface area contributed by atoms with Crippen LogP contribution in [-0.2, 0) is 22.5 Å². The van der Waals surface area contributed by atoms with Crippen LogP contribution in [0.1, 0.15) is 40.2 Å². The van der Waals surface area contributed by atoms with Crippen molar-refractivity contribution in [2.45, 2.75) is 39.7 Å². The summed E-state index contributed by atoms with van der Waals surface area (Å²) in [5.74, 6) is -0.106. The van der Waals surface area contributed by atoms with E-state index in [1.165, 1.54) is 7.11 Å². The van der Waals surface area contributed by atoms with Crippen LogP contribution in [0.5, 0.6) is 5.75 Å². The van der Waals surface area contributed by atoms with Crippen molar-refractivity contribution in [2.24, 2.45) is 5.73 Å². The second-order valence-corrected chi connectivity index (χ2v) is 6.64. The molecule has 2 rings (SSSR count). The molecule has 0 aliphatic rings. The lowest BCUT2D eigenvalue weighted by Gasteiger charge is -2.13. The van der Waals surface area contributed by atoms with E-state index < -0.39 is 5.91 Å². The van der Waals surface area contributed by atoms with E-state index in [0.717, 1.165) is 33.8 Å². The number of benzene rings is 1. The molecule has 3 N–H and O–H groups in total. The molecular weight excluding hydrogens is 360 g/mol. The molecule has 1 heterocycles. The van der Waals surface area contributed by atoms with Crippen LogP contribution in [0.15, 0.2) is 18.2 Å². The first-order valence-corrected chi connectivity index (χ1v) is 9.20. The normalized spacial score (nSPS) is 10.8. The van der Waals surface area contributed by atoms with Crippen molar-refractivity contribution < 1.29 is 24.2 Å². The molecule has 0 radical (unpaired) electrons. The third-order valence-electron chi connectivity index (χ3n) is 4.89. The van der Waals surface area contributed by atoms with Crippen LogP contribution in [0.4, 0.5) is 0 Å². The maximum Gasteiger partial charge on any atom is 0.305 e. The second kappa shape index (κ2) is 9.41. The number of nitrogens with zero attached hydrogens (tertiary/aromatic N) is 1. The van der Waals surface area contributed by atoms with E-state index in [0.29, 0.717) is 24.9 Å². The van der Waals surface area contributed by atoms with E-state index in [-0.39, 0.29) is 19.0 Å². The van der Waals surface area contributed by atoms with Crippen LogP contribution in [0.3, 0.4) is 0 Å². The summed E-state index contributed by atoms with van der Waals surface area (Å²) in [6.45, 7) is 4.31. The lowest BCUT2D eigenvalue weighted by atomic mass is 9.96. The number of hydrogen-bond donors (Lipinski definition) is 2. The maximum absolute atomic E-state index is 12.3. The van der Waals surface area contributed by atoms with Crippen molar-refractivity contribution in [3.8, 4) is 16.9 Å².